The van der Waals surface area contributed by atoms with Crippen molar-refractivity contribution in [3.63, 3.8) is 0 Å². The molecule has 0 radical (unpaired) electrons. The molecule has 12 unspecified atom stereocenters. The minimum absolute atomic E-state index is 0.0478. The molecule has 5 aliphatic heterocycles. The van der Waals surface area contributed by atoms with Gasteiger partial charge in [-0.1, -0.05) is 96.7 Å². The molecule has 0 amide bonds. The number of nitrogens with zero attached hydrogens (tertiary/aromatic N) is 1. The number of allylic oxidation sites excluding steroid dienone is 2. The number of rotatable bonds is 3. The van der Waals surface area contributed by atoms with E-state index < -0.39 is 18.7 Å². The van der Waals surface area contributed by atoms with Crippen LogP contribution in [0.5, 0.6) is 0 Å². The Morgan fingerprint density at radius 3 is 2.61 bits per heavy atom. The molecular formula is C47H61NO6S2. The van der Waals surface area contributed by atoms with Gasteiger partial charge in [0.05, 0.1) is 19.8 Å². The highest BCUT2D eigenvalue weighted by Gasteiger charge is 2.65. The maximum atomic E-state index is 13.3. The first-order chi connectivity index (χ1) is 27.3. The number of fused-ring (bicyclic) bond motifs is 7. The Morgan fingerprint density at radius 1 is 1.00 bits per heavy atom. The third-order valence-electron chi connectivity index (χ3n) is 16.6. The van der Waals surface area contributed by atoms with Gasteiger partial charge in [0.1, 0.15) is 11.3 Å². The van der Waals surface area contributed by atoms with E-state index in [0.29, 0.717) is 39.9 Å². The molecule has 1 aromatic rings. The van der Waals surface area contributed by atoms with Crippen LogP contribution in [0.25, 0.3) is 0 Å². The third kappa shape index (κ3) is 5.97. The molecule has 302 valence electrons. The summed E-state index contributed by atoms with van der Waals surface area (Å²) in [5.41, 5.74) is 3.37. The van der Waals surface area contributed by atoms with Crippen LogP contribution in [0.3, 0.4) is 0 Å². The summed E-state index contributed by atoms with van der Waals surface area (Å²) in [5.74, 6) is 5.37. The zero-order chi connectivity index (χ0) is 38.3. The fourth-order valence-corrected chi connectivity index (χ4v) is 18.0. The molecule has 7 nitrogen and oxygen atoms in total. The second-order valence-corrected chi connectivity index (χ2v) is 22.0. The Labute approximate surface area is 341 Å². The van der Waals surface area contributed by atoms with Crippen molar-refractivity contribution in [2.24, 2.45) is 46.8 Å². The van der Waals surface area contributed by atoms with Crippen molar-refractivity contribution in [1.82, 2.24) is 4.90 Å². The molecular weight excluding hydrogens is 739 g/mol. The topological polar surface area (TPSA) is 88.5 Å². The lowest BCUT2D eigenvalue weighted by molar-refractivity contribution is -0.133. The van der Waals surface area contributed by atoms with Crippen molar-refractivity contribution in [3.05, 3.63) is 82.2 Å². The number of esters is 1. The Hall–Kier alpha value is -2.17. The summed E-state index contributed by atoms with van der Waals surface area (Å²) < 4.78 is 18.7. The van der Waals surface area contributed by atoms with E-state index in [0.717, 1.165) is 49.7 Å². The summed E-state index contributed by atoms with van der Waals surface area (Å²) in [7, 11) is 5.92. The number of piperidine rings is 1. The van der Waals surface area contributed by atoms with Crippen LogP contribution in [-0.4, -0.2) is 70.0 Å². The van der Waals surface area contributed by atoms with Crippen molar-refractivity contribution in [2.75, 3.05) is 26.0 Å². The molecule has 0 aromatic heterocycles. The van der Waals surface area contributed by atoms with Gasteiger partial charge >= 0.3 is 5.97 Å². The molecule has 1 aromatic carbocycles. The van der Waals surface area contributed by atoms with Crippen LogP contribution < -0.4 is 0 Å². The van der Waals surface area contributed by atoms with Gasteiger partial charge in [-0.25, -0.2) is 4.79 Å². The monoisotopic (exact) mass is 799 g/mol. The third-order valence-corrected chi connectivity index (χ3v) is 19.9. The summed E-state index contributed by atoms with van der Waals surface area (Å²) in [6.07, 6.45) is 20.4. The zero-order valence-electron chi connectivity index (χ0n) is 33.5. The predicted octanol–water partition coefficient (Wildman–Crippen LogP) is 9.30. The maximum absolute atomic E-state index is 13.3. The fraction of sp³-hybridized carbons (Fsp3) is 0.681. The zero-order valence-corrected chi connectivity index (χ0v) is 35.1. The summed E-state index contributed by atoms with van der Waals surface area (Å²) in [6, 6.07) is 11.8. The Bertz CT molecular complexity index is 1830. The smallest absolute Gasteiger partial charge is 0.345 e. The summed E-state index contributed by atoms with van der Waals surface area (Å²) in [4.78, 5) is 15.7. The van der Waals surface area contributed by atoms with Gasteiger partial charge < -0.3 is 24.4 Å². The quantitative estimate of drug-likeness (QED) is 0.177. The number of aliphatic hydroxyl groups is 2. The van der Waals surface area contributed by atoms with Crippen molar-refractivity contribution in [3.8, 4) is 0 Å². The molecule has 56 heavy (non-hydrogen) atoms. The van der Waals surface area contributed by atoms with E-state index in [9.17, 15) is 15.0 Å². The number of methoxy groups -OCH3 is 1. The highest BCUT2D eigenvalue weighted by Crippen LogP contribution is 2.71. The summed E-state index contributed by atoms with van der Waals surface area (Å²) >= 11 is 0. The molecule has 3 saturated heterocycles. The first-order valence-electron chi connectivity index (χ1n) is 22.0. The lowest BCUT2D eigenvalue weighted by atomic mass is 9.65. The molecule has 2 spiro atoms. The van der Waals surface area contributed by atoms with Crippen LogP contribution >= 0.6 is 21.6 Å². The highest BCUT2D eigenvalue weighted by atomic mass is 33.1. The molecule has 9 aliphatic rings. The minimum atomic E-state index is -0.573. The van der Waals surface area contributed by atoms with Crippen LogP contribution in [0.2, 0.25) is 0 Å². The van der Waals surface area contributed by atoms with Crippen LogP contribution in [0.1, 0.15) is 109 Å². The Morgan fingerprint density at radius 2 is 1.82 bits per heavy atom. The van der Waals surface area contributed by atoms with E-state index >= 15 is 0 Å². The first kappa shape index (κ1) is 38.1. The van der Waals surface area contributed by atoms with E-state index in [-0.39, 0.29) is 46.6 Å². The van der Waals surface area contributed by atoms with E-state index in [2.05, 4.69) is 82.8 Å². The number of cyclic esters (lactones) is 1. The molecule has 4 aliphatic carbocycles. The number of ether oxygens (including phenoxy) is 3. The van der Waals surface area contributed by atoms with Crippen molar-refractivity contribution in [1.29, 1.82) is 0 Å². The number of aliphatic hydroxyl groups excluding tert-OH is 2. The van der Waals surface area contributed by atoms with Crippen molar-refractivity contribution in [2.45, 2.75) is 126 Å². The van der Waals surface area contributed by atoms with Crippen molar-refractivity contribution >= 4 is 27.6 Å². The predicted molar refractivity (Wildman–Crippen MR) is 222 cm³/mol. The molecule has 3 bridgehead atoms. The highest BCUT2D eigenvalue weighted by molar-refractivity contribution is 8.77. The number of carbonyl (C=O) groups is 1. The molecule has 2 N–H and O–H groups in total. The van der Waals surface area contributed by atoms with E-state index in [1.807, 2.05) is 0 Å². The second-order valence-electron chi connectivity index (χ2n) is 19.2. The number of carbonyl (C=O) groups excluding carboxylic acids is 1. The number of hydrogen-bond donors (Lipinski definition) is 2. The number of hydrogen-bond acceptors (Lipinski definition) is 9. The van der Waals surface area contributed by atoms with E-state index in [1.54, 1.807) is 0 Å². The van der Waals surface area contributed by atoms with Gasteiger partial charge in [0.15, 0.2) is 11.5 Å². The van der Waals surface area contributed by atoms with Crippen LogP contribution in [0.4, 0.5) is 0 Å². The van der Waals surface area contributed by atoms with Gasteiger partial charge in [0.25, 0.3) is 0 Å². The average Bonchev–Trinajstić information content (AvgIpc) is 3.93. The average molecular weight is 800 g/mol. The SMILES string of the molecule is COC1=C(CO)C(=O)OC1=C1OC2=CCCN3C(CC4C5CC6(CCC(C6)C6(CCCCC6)SSCC6=CCC(C)CC6C(O)C53)C4c3ccccc3)C2C1C. The van der Waals surface area contributed by atoms with Crippen LogP contribution in [-0.2, 0) is 19.0 Å². The van der Waals surface area contributed by atoms with Gasteiger partial charge in [-0.05, 0) is 111 Å². The lowest BCUT2D eigenvalue weighted by Crippen LogP contribution is -2.62. The standard InChI is InChI=1S/C47H61NO6S2/c1-27-14-15-30-26-55-56-47(17-8-5-9-18-47)31-16-19-46(23-31)24-34-33(39(46)29-11-6-4-7-12-29)22-36-38-28(2)42(44-43(52-3)35(25-49)45(51)54-44)53-37(38)13-10-20-48(36)40(34)41(50)32(30)21-27/h4,6-7,11-13,15,27-28,31-34,36,38-41,49-50H,5,8-10,14,16-26H2,1-3H3. The summed E-state index contributed by atoms with van der Waals surface area (Å²) in [6.45, 7) is 5.06. The summed E-state index contributed by atoms with van der Waals surface area (Å²) in [5, 5.41) is 23.4. The lowest BCUT2D eigenvalue weighted by Gasteiger charge is -2.54. The molecule has 6 fully saturated rings. The molecule has 3 saturated carbocycles. The van der Waals surface area contributed by atoms with E-state index in [1.165, 1.54) is 76.0 Å². The van der Waals surface area contributed by atoms with Gasteiger partial charge in [0.2, 0.25) is 5.76 Å². The fourth-order valence-electron chi connectivity index (χ4n) is 14.3. The maximum Gasteiger partial charge on any atom is 0.345 e. The largest absolute Gasteiger partial charge is 0.492 e. The van der Waals surface area contributed by atoms with Crippen molar-refractivity contribution < 1.29 is 29.2 Å². The second kappa shape index (κ2) is 14.8. The van der Waals surface area contributed by atoms with Gasteiger partial charge in [-0.3, -0.25) is 4.90 Å². The molecule has 12 atom stereocenters. The van der Waals surface area contributed by atoms with Gasteiger partial charge in [-0.2, -0.15) is 0 Å². The van der Waals surface area contributed by atoms with Gasteiger partial charge in [0, 0.05) is 46.9 Å². The molecule has 5 heterocycles. The van der Waals surface area contributed by atoms with Gasteiger partial charge in [-0.15, -0.1) is 0 Å². The van der Waals surface area contributed by atoms with E-state index in [4.69, 9.17) is 14.2 Å². The normalized spacial score (nSPS) is 43.2. The molecule has 9 heteroatoms. The number of benzene rings is 1. The minimum Gasteiger partial charge on any atom is -0.492 e. The van der Waals surface area contributed by atoms with Crippen LogP contribution in [0.15, 0.2) is 76.7 Å². The molecule has 10 rings (SSSR count). The Kier molecular flexibility index (Phi) is 10.1. The Balaban J connectivity index is 1.11. The first-order valence-corrected chi connectivity index (χ1v) is 24.3. The van der Waals surface area contributed by atoms with Crippen LogP contribution in [0, 0.1) is 46.8 Å².